The lowest BCUT2D eigenvalue weighted by Gasteiger charge is -2.19. The van der Waals surface area contributed by atoms with E-state index in [2.05, 4.69) is 4.98 Å². The third kappa shape index (κ3) is 3.11. The molecular formula is C18H18ClN2O3P. The van der Waals surface area contributed by atoms with Gasteiger partial charge < -0.3 is 15.2 Å². The molecule has 0 aliphatic heterocycles. The number of amides is 1. The Morgan fingerprint density at radius 1 is 1.28 bits per heavy atom. The predicted molar refractivity (Wildman–Crippen MR) is 102 cm³/mol. The molecule has 3 N–H and O–H groups in total. The number of nitrogens with one attached hydrogen (secondary N) is 1. The molecule has 0 saturated carbocycles. The molecule has 1 amide bonds. The van der Waals surface area contributed by atoms with Gasteiger partial charge in [-0.2, -0.15) is 0 Å². The number of aromatic nitrogens is 1. The van der Waals surface area contributed by atoms with Crippen molar-refractivity contribution >= 4 is 46.4 Å². The monoisotopic (exact) mass is 376 g/mol. The van der Waals surface area contributed by atoms with Crippen molar-refractivity contribution in [2.75, 3.05) is 6.61 Å². The van der Waals surface area contributed by atoms with Crippen molar-refractivity contribution in [2.45, 2.75) is 13.8 Å². The Labute approximate surface area is 150 Å². The minimum atomic E-state index is -3.55. The van der Waals surface area contributed by atoms with Gasteiger partial charge in [0.2, 0.25) is 0 Å². The summed E-state index contributed by atoms with van der Waals surface area (Å²) in [5.74, 6) is -0.699. The molecule has 7 heteroatoms. The lowest BCUT2D eigenvalue weighted by atomic mass is 10.2. The molecule has 5 nitrogen and oxygen atoms in total. The van der Waals surface area contributed by atoms with E-state index in [0.717, 1.165) is 5.56 Å². The average Bonchev–Trinajstić information content (AvgIpc) is 2.94. The quantitative estimate of drug-likeness (QED) is 0.668. The fourth-order valence-electron chi connectivity index (χ4n) is 2.90. The Bertz CT molecular complexity index is 1010. The molecule has 2 aromatic carbocycles. The summed E-state index contributed by atoms with van der Waals surface area (Å²) >= 11 is 6.12. The van der Waals surface area contributed by atoms with Gasteiger partial charge in [0.15, 0.2) is 0 Å². The van der Waals surface area contributed by atoms with Gasteiger partial charge in [0.1, 0.15) is 5.69 Å². The molecule has 1 aromatic heterocycles. The van der Waals surface area contributed by atoms with Gasteiger partial charge in [-0.15, -0.1) is 0 Å². The Morgan fingerprint density at radius 3 is 2.68 bits per heavy atom. The predicted octanol–water partition coefficient (Wildman–Crippen LogP) is 3.49. The van der Waals surface area contributed by atoms with Gasteiger partial charge in [-0.05, 0) is 44.2 Å². The first-order valence-corrected chi connectivity index (χ1v) is 9.80. The van der Waals surface area contributed by atoms with E-state index in [4.69, 9.17) is 21.9 Å². The van der Waals surface area contributed by atoms with Crippen molar-refractivity contribution in [2.24, 2.45) is 5.73 Å². The molecule has 1 heterocycles. The highest BCUT2D eigenvalue weighted by molar-refractivity contribution is 7.75. The number of aromatic amines is 1. The number of hydrogen-bond donors (Lipinski definition) is 2. The van der Waals surface area contributed by atoms with Crippen molar-refractivity contribution in [1.29, 1.82) is 0 Å². The molecule has 0 aliphatic carbocycles. The summed E-state index contributed by atoms with van der Waals surface area (Å²) in [4.78, 5) is 15.0. The molecular weight excluding hydrogens is 359 g/mol. The highest BCUT2D eigenvalue weighted by Gasteiger charge is 2.36. The first-order valence-electron chi connectivity index (χ1n) is 7.80. The summed E-state index contributed by atoms with van der Waals surface area (Å²) in [7, 11) is -3.55. The van der Waals surface area contributed by atoms with Crippen LogP contribution >= 0.6 is 19.0 Å². The van der Waals surface area contributed by atoms with Crippen LogP contribution < -0.4 is 16.3 Å². The summed E-state index contributed by atoms with van der Waals surface area (Å²) in [5, 5.41) is 1.82. The normalized spacial score (nSPS) is 13.7. The summed E-state index contributed by atoms with van der Waals surface area (Å²) in [6, 6.07) is 12.3. The highest BCUT2D eigenvalue weighted by Crippen LogP contribution is 2.48. The average molecular weight is 377 g/mol. The van der Waals surface area contributed by atoms with E-state index in [9.17, 15) is 9.36 Å². The van der Waals surface area contributed by atoms with Crippen LogP contribution in [-0.4, -0.2) is 17.5 Å². The molecule has 130 valence electrons. The van der Waals surface area contributed by atoms with Gasteiger partial charge in [0.05, 0.1) is 11.9 Å². The van der Waals surface area contributed by atoms with E-state index in [-0.39, 0.29) is 17.6 Å². The Kier molecular flexibility index (Phi) is 4.74. The number of carbonyl (C=O) groups is 1. The van der Waals surface area contributed by atoms with E-state index < -0.39 is 13.3 Å². The minimum absolute atomic E-state index is 0.0792. The topological polar surface area (TPSA) is 85.2 Å². The number of halogens is 1. The fourth-order valence-corrected chi connectivity index (χ4v) is 5.59. The first-order chi connectivity index (χ1) is 11.9. The molecule has 0 spiro atoms. The molecule has 0 radical (unpaired) electrons. The Morgan fingerprint density at radius 2 is 2.04 bits per heavy atom. The van der Waals surface area contributed by atoms with Crippen molar-refractivity contribution < 1.29 is 13.9 Å². The largest absolute Gasteiger partial charge is 0.364 e. The number of rotatable bonds is 5. The maximum atomic E-state index is 14.0. The van der Waals surface area contributed by atoms with E-state index in [1.54, 1.807) is 37.3 Å². The molecule has 1 unspecified atom stereocenters. The maximum Gasteiger partial charge on any atom is 0.266 e. The number of hydrogen-bond acceptors (Lipinski definition) is 3. The van der Waals surface area contributed by atoms with Crippen LogP contribution in [0.1, 0.15) is 23.0 Å². The first kappa shape index (κ1) is 17.7. The zero-order valence-corrected chi connectivity index (χ0v) is 15.5. The number of primary amides is 1. The van der Waals surface area contributed by atoms with Crippen LogP contribution in [0.5, 0.6) is 0 Å². The van der Waals surface area contributed by atoms with Gasteiger partial charge in [-0.25, -0.2) is 0 Å². The Hall–Kier alpha value is -2.07. The van der Waals surface area contributed by atoms with Crippen molar-refractivity contribution in [3.8, 4) is 0 Å². The fraction of sp³-hybridized carbons (Fsp3) is 0.167. The SMILES string of the molecule is CCOP(=O)(c1cccc(C)c1)c1c(C(N)=O)[nH]c2ccc(Cl)cc12. The van der Waals surface area contributed by atoms with Crippen LogP contribution in [0.25, 0.3) is 10.9 Å². The van der Waals surface area contributed by atoms with Gasteiger partial charge >= 0.3 is 0 Å². The maximum absolute atomic E-state index is 14.0. The molecule has 25 heavy (non-hydrogen) atoms. The van der Waals surface area contributed by atoms with Crippen LogP contribution in [-0.2, 0) is 9.09 Å². The molecule has 0 aliphatic rings. The highest BCUT2D eigenvalue weighted by atomic mass is 35.5. The van der Waals surface area contributed by atoms with E-state index in [1.807, 2.05) is 19.1 Å². The second kappa shape index (κ2) is 6.68. The second-order valence-electron chi connectivity index (χ2n) is 5.71. The zero-order valence-electron chi connectivity index (χ0n) is 13.9. The summed E-state index contributed by atoms with van der Waals surface area (Å²) in [6.45, 7) is 3.88. The second-order valence-corrected chi connectivity index (χ2v) is 8.47. The lowest BCUT2D eigenvalue weighted by molar-refractivity contribution is 0.0997. The molecule has 0 fully saturated rings. The van der Waals surface area contributed by atoms with Gasteiger partial charge in [0.25, 0.3) is 13.3 Å². The number of H-pyrrole nitrogens is 1. The van der Waals surface area contributed by atoms with Crippen molar-refractivity contribution in [3.63, 3.8) is 0 Å². The third-order valence-electron chi connectivity index (χ3n) is 3.93. The van der Waals surface area contributed by atoms with Crippen LogP contribution in [0.15, 0.2) is 42.5 Å². The standard InChI is InChI=1S/C18H18ClN2O3P/c1-3-24-25(23,13-6-4-5-11(2)9-13)17-14-10-12(19)7-8-15(14)21-16(17)18(20)22/h4-10,21H,3H2,1-2H3,(H2,20,22). The van der Waals surface area contributed by atoms with Crippen LogP contribution in [0.4, 0.5) is 0 Å². The van der Waals surface area contributed by atoms with E-state index >= 15 is 0 Å². The summed E-state index contributed by atoms with van der Waals surface area (Å²) < 4.78 is 19.7. The van der Waals surface area contributed by atoms with Gasteiger partial charge in [-0.3, -0.25) is 9.36 Å². The van der Waals surface area contributed by atoms with E-state index in [1.165, 1.54) is 0 Å². The van der Waals surface area contributed by atoms with Gasteiger partial charge in [0, 0.05) is 21.2 Å². The molecule has 0 bridgehead atoms. The minimum Gasteiger partial charge on any atom is -0.364 e. The van der Waals surface area contributed by atoms with Gasteiger partial charge in [-0.1, -0.05) is 29.3 Å². The summed E-state index contributed by atoms with van der Waals surface area (Å²) in [6.07, 6.45) is 0. The molecule has 3 aromatic rings. The smallest absolute Gasteiger partial charge is 0.266 e. The van der Waals surface area contributed by atoms with Crippen LogP contribution in [0.2, 0.25) is 5.02 Å². The number of fused-ring (bicyclic) bond motifs is 1. The molecule has 0 saturated heterocycles. The molecule has 3 rings (SSSR count). The molecule has 1 atom stereocenters. The van der Waals surface area contributed by atoms with E-state index in [0.29, 0.717) is 21.2 Å². The number of benzene rings is 2. The lowest BCUT2D eigenvalue weighted by Crippen LogP contribution is -2.26. The number of nitrogens with two attached hydrogens (primary N) is 1. The summed E-state index contributed by atoms with van der Waals surface area (Å²) in [5.41, 5.74) is 7.18. The van der Waals surface area contributed by atoms with Crippen molar-refractivity contribution in [1.82, 2.24) is 4.98 Å². The van der Waals surface area contributed by atoms with Crippen molar-refractivity contribution in [3.05, 3.63) is 58.7 Å². The number of aryl methyl sites for hydroxylation is 1. The van der Waals surface area contributed by atoms with Crippen LogP contribution in [0.3, 0.4) is 0 Å². The number of carbonyl (C=O) groups excluding carboxylic acids is 1. The van der Waals surface area contributed by atoms with Crippen LogP contribution in [0, 0.1) is 6.92 Å². The Balaban J connectivity index is 2.40. The zero-order chi connectivity index (χ0) is 18.2. The third-order valence-corrected chi connectivity index (χ3v) is 6.79.